The second-order valence-electron chi connectivity index (χ2n) is 2.89. The molecule has 0 heterocycles. The van der Waals surface area contributed by atoms with Crippen molar-refractivity contribution in [3.63, 3.8) is 0 Å². The molecule has 1 rings (SSSR count). The van der Waals surface area contributed by atoms with E-state index >= 15 is 0 Å². The van der Waals surface area contributed by atoms with Gasteiger partial charge in [0.15, 0.2) is 0 Å². The van der Waals surface area contributed by atoms with Crippen molar-refractivity contribution in [1.29, 1.82) is 0 Å². The van der Waals surface area contributed by atoms with Crippen LogP contribution in [0.5, 0.6) is 0 Å². The zero-order valence-corrected chi connectivity index (χ0v) is 9.85. The molecule has 3 nitrogen and oxygen atoms in total. The number of carbonyl (C=O) groups excluding carboxylic acids is 1. The molecule has 1 atom stereocenters. The van der Waals surface area contributed by atoms with E-state index in [9.17, 15) is 4.79 Å². The molecule has 0 amide bonds. The van der Waals surface area contributed by atoms with E-state index in [2.05, 4.69) is 4.74 Å². The largest absolute Gasteiger partial charge is 0.468 e. The molecule has 0 aromatic heterocycles. The molecular formula is C10H12ClNO2S. The number of nitrogens with two attached hydrogens (primary N) is 1. The van der Waals surface area contributed by atoms with Gasteiger partial charge in [-0.25, -0.2) is 0 Å². The van der Waals surface area contributed by atoms with Crippen LogP contribution in [0.2, 0.25) is 5.02 Å². The average Bonchev–Trinajstić information content (AvgIpc) is 2.26. The van der Waals surface area contributed by atoms with Crippen LogP contribution in [0.1, 0.15) is 0 Å². The standard InChI is InChI=1S/C10H12ClNO2S/c1-14-10(13)9(12)6-15-8-4-2-7(11)3-5-8/h2-5,9H,6,12H2,1H3. The van der Waals surface area contributed by atoms with Crippen molar-refractivity contribution in [1.82, 2.24) is 0 Å². The number of hydrogen-bond donors (Lipinski definition) is 1. The van der Waals surface area contributed by atoms with Crippen LogP contribution in [0.25, 0.3) is 0 Å². The Labute approximate surface area is 97.9 Å². The van der Waals surface area contributed by atoms with Crippen molar-refractivity contribution in [3.8, 4) is 0 Å². The summed E-state index contributed by atoms with van der Waals surface area (Å²) in [6, 6.07) is 6.78. The molecule has 0 radical (unpaired) electrons. The van der Waals surface area contributed by atoms with E-state index < -0.39 is 12.0 Å². The van der Waals surface area contributed by atoms with Gasteiger partial charge in [-0.05, 0) is 24.3 Å². The first-order valence-electron chi connectivity index (χ1n) is 4.35. The molecule has 0 fully saturated rings. The predicted molar refractivity (Wildman–Crippen MR) is 62.2 cm³/mol. The molecule has 82 valence electrons. The summed E-state index contributed by atoms with van der Waals surface area (Å²) in [4.78, 5) is 12.0. The molecule has 0 aliphatic carbocycles. The maximum Gasteiger partial charge on any atom is 0.323 e. The Hall–Kier alpha value is -0.710. The molecular weight excluding hydrogens is 234 g/mol. The maximum atomic E-state index is 11.0. The third-order valence-electron chi connectivity index (χ3n) is 1.75. The lowest BCUT2D eigenvalue weighted by Crippen LogP contribution is -2.33. The molecule has 0 bridgehead atoms. The summed E-state index contributed by atoms with van der Waals surface area (Å²) in [6.07, 6.45) is 0. The number of benzene rings is 1. The van der Waals surface area contributed by atoms with Crippen molar-refractivity contribution in [2.45, 2.75) is 10.9 Å². The van der Waals surface area contributed by atoms with E-state index in [1.165, 1.54) is 18.9 Å². The first-order valence-corrected chi connectivity index (χ1v) is 5.71. The number of esters is 1. The number of hydrogen-bond acceptors (Lipinski definition) is 4. The van der Waals surface area contributed by atoms with Crippen molar-refractivity contribution >= 4 is 29.3 Å². The first kappa shape index (κ1) is 12.4. The molecule has 2 N–H and O–H groups in total. The van der Waals surface area contributed by atoms with Gasteiger partial charge in [0, 0.05) is 15.7 Å². The van der Waals surface area contributed by atoms with Gasteiger partial charge in [0.2, 0.25) is 0 Å². The van der Waals surface area contributed by atoms with E-state index in [4.69, 9.17) is 17.3 Å². The van der Waals surface area contributed by atoms with E-state index in [1.807, 2.05) is 12.1 Å². The van der Waals surface area contributed by atoms with Gasteiger partial charge in [-0.1, -0.05) is 11.6 Å². The van der Waals surface area contributed by atoms with Crippen LogP contribution < -0.4 is 5.73 Å². The van der Waals surface area contributed by atoms with Crippen LogP contribution in [0.4, 0.5) is 0 Å². The minimum atomic E-state index is -0.587. The van der Waals surface area contributed by atoms with E-state index in [0.29, 0.717) is 10.8 Å². The highest BCUT2D eigenvalue weighted by atomic mass is 35.5. The molecule has 5 heteroatoms. The number of rotatable bonds is 4. The van der Waals surface area contributed by atoms with Crippen LogP contribution >= 0.6 is 23.4 Å². The lowest BCUT2D eigenvalue weighted by Gasteiger charge is -2.08. The van der Waals surface area contributed by atoms with Gasteiger partial charge in [0.1, 0.15) is 6.04 Å². The summed E-state index contributed by atoms with van der Waals surface area (Å²) in [7, 11) is 1.33. The minimum Gasteiger partial charge on any atom is -0.468 e. The van der Waals surface area contributed by atoms with Crippen LogP contribution in [-0.4, -0.2) is 24.9 Å². The Morgan fingerprint density at radius 2 is 2.13 bits per heavy atom. The lowest BCUT2D eigenvalue weighted by atomic mass is 10.4. The Bertz CT molecular complexity index is 329. The van der Waals surface area contributed by atoms with E-state index in [1.54, 1.807) is 12.1 Å². The van der Waals surface area contributed by atoms with Gasteiger partial charge < -0.3 is 10.5 Å². The second-order valence-corrected chi connectivity index (χ2v) is 4.42. The monoisotopic (exact) mass is 245 g/mol. The summed E-state index contributed by atoms with van der Waals surface area (Å²) >= 11 is 7.24. The molecule has 0 saturated heterocycles. The third-order valence-corrected chi connectivity index (χ3v) is 3.13. The number of carbonyl (C=O) groups is 1. The third kappa shape index (κ3) is 4.11. The lowest BCUT2D eigenvalue weighted by molar-refractivity contribution is -0.141. The Morgan fingerprint density at radius 1 is 1.53 bits per heavy atom. The summed E-state index contributed by atoms with van der Waals surface area (Å²) in [5, 5.41) is 0.691. The molecule has 0 aliphatic heterocycles. The Balaban J connectivity index is 2.43. The van der Waals surface area contributed by atoms with Crippen molar-refractivity contribution in [2.75, 3.05) is 12.9 Å². The number of methoxy groups -OCH3 is 1. The van der Waals surface area contributed by atoms with Crippen molar-refractivity contribution < 1.29 is 9.53 Å². The number of thioether (sulfide) groups is 1. The highest BCUT2D eigenvalue weighted by Crippen LogP contribution is 2.20. The summed E-state index contributed by atoms with van der Waals surface area (Å²) in [6.45, 7) is 0. The summed E-state index contributed by atoms with van der Waals surface area (Å²) in [5.74, 6) is 0.102. The molecule has 0 spiro atoms. The number of ether oxygens (including phenoxy) is 1. The second kappa shape index (κ2) is 6.00. The quantitative estimate of drug-likeness (QED) is 0.651. The van der Waals surface area contributed by atoms with Gasteiger partial charge in [0.25, 0.3) is 0 Å². The van der Waals surface area contributed by atoms with Crippen LogP contribution in [0, 0.1) is 0 Å². The fourth-order valence-electron chi connectivity index (χ4n) is 0.936. The van der Waals surface area contributed by atoms with Crippen molar-refractivity contribution in [3.05, 3.63) is 29.3 Å². The molecule has 1 aromatic carbocycles. The SMILES string of the molecule is COC(=O)C(N)CSc1ccc(Cl)cc1. The fourth-order valence-corrected chi connectivity index (χ4v) is 1.90. The zero-order valence-electron chi connectivity index (χ0n) is 8.27. The van der Waals surface area contributed by atoms with Gasteiger partial charge in [0.05, 0.1) is 7.11 Å². The van der Waals surface area contributed by atoms with Gasteiger partial charge in [-0.3, -0.25) is 4.79 Å². The van der Waals surface area contributed by atoms with Crippen LogP contribution in [0.15, 0.2) is 29.2 Å². The molecule has 1 unspecified atom stereocenters. The van der Waals surface area contributed by atoms with Gasteiger partial charge >= 0.3 is 5.97 Å². The predicted octanol–water partition coefficient (Wildman–Crippen LogP) is 1.93. The average molecular weight is 246 g/mol. The van der Waals surface area contributed by atoms with Gasteiger partial charge in [-0.15, -0.1) is 11.8 Å². The molecule has 1 aromatic rings. The topological polar surface area (TPSA) is 52.3 Å². The molecule has 15 heavy (non-hydrogen) atoms. The minimum absolute atomic E-state index is 0.392. The van der Waals surface area contributed by atoms with E-state index in [-0.39, 0.29) is 0 Å². The Morgan fingerprint density at radius 3 is 2.67 bits per heavy atom. The van der Waals surface area contributed by atoms with Crippen LogP contribution in [-0.2, 0) is 9.53 Å². The van der Waals surface area contributed by atoms with E-state index in [0.717, 1.165) is 4.90 Å². The Kier molecular flexibility index (Phi) is 4.94. The molecule has 0 saturated carbocycles. The normalized spacial score (nSPS) is 12.2. The zero-order chi connectivity index (χ0) is 11.3. The first-order chi connectivity index (χ1) is 7.13. The van der Waals surface area contributed by atoms with Crippen LogP contribution in [0.3, 0.4) is 0 Å². The summed E-state index contributed by atoms with van der Waals surface area (Å²) in [5.41, 5.74) is 5.58. The highest BCUT2D eigenvalue weighted by Gasteiger charge is 2.13. The maximum absolute atomic E-state index is 11.0. The smallest absolute Gasteiger partial charge is 0.323 e. The summed E-state index contributed by atoms with van der Waals surface area (Å²) < 4.78 is 4.52. The molecule has 0 aliphatic rings. The number of halogens is 1. The van der Waals surface area contributed by atoms with Crippen molar-refractivity contribution in [2.24, 2.45) is 5.73 Å². The van der Waals surface area contributed by atoms with Gasteiger partial charge in [-0.2, -0.15) is 0 Å². The highest BCUT2D eigenvalue weighted by molar-refractivity contribution is 7.99. The fraction of sp³-hybridized carbons (Fsp3) is 0.300.